The third-order valence-corrected chi connectivity index (χ3v) is 5.02. The van der Waals surface area contributed by atoms with Gasteiger partial charge >= 0.3 is 0 Å². The van der Waals surface area contributed by atoms with Gasteiger partial charge in [-0.05, 0) is 41.8 Å². The zero-order valence-corrected chi connectivity index (χ0v) is 13.8. The maximum absolute atomic E-state index is 5.71. The number of benzene rings is 2. The molecule has 2 N–H and O–H groups in total. The van der Waals surface area contributed by atoms with Crippen LogP contribution in [0, 0.1) is 0 Å². The number of hydrogen-bond donors (Lipinski definition) is 1. The average Bonchev–Trinajstić information content (AvgIpc) is 3.22. The third-order valence-electron chi connectivity index (χ3n) is 5.02. The van der Waals surface area contributed by atoms with Crippen molar-refractivity contribution in [2.45, 2.75) is 18.9 Å². The normalized spacial score (nSPS) is 16.2. The molecule has 2 aromatic heterocycles. The van der Waals surface area contributed by atoms with Crippen LogP contribution in [0.5, 0.6) is 0 Å². The summed E-state index contributed by atoms with van der Waals surface area (Å²) in [7, 11) is 0. The quantitative estimate of drug-likeness (QED) is 0.600. The number of aromatic nitrogens is 3. The molecule has 3 heterocycles. The Morgan fingerprint density at radius 2 is 1.80 bits per heavy atom. The molecule has 0 bridgehead atoms. The summed E-state index contributed by atoms with van der Waals surface area (Å²) < 4.78 is 2.40. The minimum atomic E-state index is 0.362. The molecule has 4 nitrogen and oxygen atoms in total. The summed E-state index contributed by atoms with van der Waals surface area (Å²) in [5.41, 5.74) is 11.5. The Hall–Kier alpha value is -3.14. The summed E-state index contributed by atoms with van der Waals surface area (Å²) in [6.45, 7) is 0. The van der Waals surface area contributed by atoms with Crippen molar-refractivity contribution in [3.8, 4) is 11.1 Å². The van der Waals surface area contributed by atoms with E-state index < -0.39 is 0 Å². The van der Waals surface area contributed by atoms with Gasteiger partial charge in [0, 0.05) is 18.2 Å². The number of fused-ring (bicyclic) bond motifs is 3. The van der Waals surface area contributed by atoms with Gasteiger partial charge in [-0.1, -0.05) is 36.4 Å². The summed E-state index contributed by atoms with van der Waals surface area (Å²) in [5.74, 6) is 1.72. The molecule has 4 aromatic rings. The monoisotopic (exact) mass is 326 g/mol. The molecular weight excluding hydrogens is 308 g/mol. The van der Waals surface area contributed by atoms with Crippen LogP contribution < -0.4 is 5.73 Å². The molecule has 1 aliphatic heterocycles. The molecule has 2 aromatic carbocycles. The Morgan fingerprint density at radius 1 is 0.960 bits per heavy atom. The zero-order chi connectivity index (χ0) is 16.8. The number of hydrogen-bond acceptors (Lipinski definition) is 3. The van der Waals surface area contributed by atoms with E-state index >= 15 is 0 Å². The van der Waals surface area contributed by atoms with Crippen molar-refractivity contribution < 1.29 is 0 Å². The van der Waals surface area contributed by atoms with Gasteiger partial charge in [-0.3, -0.25) is 0 Å². The largest absolute Gasteiger partial charge is 0.384 e. The van der Waals surface area contributed by atoms with E-state index in [1.807, 2.05) is 18.3 Å². The van der Waals surface area contributed by atoms with Gasteiger partial charge in [-0.2, -0.15) is 0 Å². The number of imidazole rings is 1. The molecular formula is C21H18N4. The smallest absolute Gasteiger partial charge is 0.123 e. The fraction of sp³-hybridized carbons (Fsp3) is 0.143. The Labute approximate surface area is 146 Å². The average molecular weight is 326 g/mol. The lowest BCUT2D eigenvalue weighted by atomic mass is 10.0. The molecule has 5 rings (SSSR count). The summed E-state index contributed by atoms with van der Waals surface area (Å²) in [6.07, 6.45) is 3.95. The molecule has 0 aliphatic carbocycles. The van der Waals surface area contributed by atoms with Crippen molar-refractivity contribution in [3.63, 3.8) is 0 Å². The van der Waals surface area contributed by atoms with E-state index in [2.05, 4.69) is 58.1 Å². The van der Waals surface area contributed by atoms with E-state index in [1.165, 1.54) is 16.9 Å². The molecule has 1 aliphatic rings. The first kappa shape index (κ1) is 14.2. The van der Waals surface area contributed by atoms with E-state index in [0.717, 1.165) is 29.5 Å². The van der Waals surface area contributed by atoms with Gasteiger partial charge in [-0.25, -0.2) is 9.97 Å². The van der Waals surface area contributed by atoms with E-state index in [9.17, 15) is 0 Å². The van der Waals surface area contributed by atoms with Crippen molar-refractivity contribution in [2.24, 2.45) is 0 Å². The zero-order valence-electron chi connectivity index (χ0n) is 13.8. The van der Waals surface area contributed by atoms with Crippen molar-refractivity contribution in [1.82, 2.24) is 14.5 Å². The van der Waals surface area contributed by atoms with Crippen LogP contribution in [0.1, 0.15) is 23.9 Å². The standard InChI is InChI=1S/C21H18N4/c22-20-10-7-16(13-23-20)15-6-8-17-19(12-15)25-18(9-11-21(25)24-17)14-4-2-1-3-5-14/h1-8,10,12-13,18H,9,11H2,(H2,22,23). The molecule has 25 heavy (non-hydrogen) atoms. The van der Waals surface area contributed by atoms with Crippen LogP contribution in [-0.4, -0.2) is 14.5 Å². The number of nitrogens with zero attached hydrogens (tertiary/aromatic N) is 3. The first-order valence-corrected chi connectivity index (χ1v) is 8.57. The number of anilines is 1. The minimum absolute atomic E-state index is 0.362. The SMILES string of the molecule is Nc1ccc(-c2ccc3nc4n(c3c2)C(c2ccccc2)CC4)cn1. The molecule has 4 heteroatoms. The summed E-state index contributed by atoms with van der Waals surface area (Å²) >= 11 is 0. The highest BCUT2D eigenvalue weighted by atomic mass is 15.1. The summed E-state index contributed by atoms with van der Waals surface area (Å²) in [6, 6.07) is 21.4. The van der Waals surface area contributed by atoms with E-state index in [-0.39, 0.29) is 0 Å². The first-order chi connectivity index (χ1) is 12.3. The van der Waals surface area contributed by atoms with Crippen LogP contribution >= 0.6 is 0 Å². The Morgan fingerprint density at radius 3 is 2.60 bits per heavy atom. The van der Waals surface area contributed by atoms with Crippen molar-refractivity contribution in [1.29, 1.82) is 0 Å². The Balaban J connectivity index is 1.66. The Kier molecular flexibility index (Phi) is 3.10. The maximum atomic E-state index is 5.71. The molecule has 0 amide bonds. The van der Waals surface area contributed by atoms with Crippen LogP contribution in [0.15, 0.2) is 66.9 Å². The number of nitrogens with two attached hydrogens (primary N) is 1. The highest BCUT2D eigenvalue weighted by Gasteiger charge is 2.26. The van der Waals surface area contributed by atoms with Gasteiger partial charge in [0.1, 0.15) is 11.6 Å². The van der Waals surface area contributed by atoms with Crippen LogP contribution in [-0.2, 0) is 6.42 Å². The fourth-order valence-electron chi connectivity index (χ4n) is 3.81. The third kappa shape index (κ3) is 2.30. The van der Waals surface area contributed by atoms with Gasteiger partial charge < -0.3 is 10.3 Å². The molecule has 122 valence electrons. The van der Waals surface area contributed by atoms with E-state index in [1.54, 1.807) is 0 Å². The molecule has 0 spiro atoms. The second-order valence-electron chi connectivity index (χ2n) is 6.54. The van der Waals surface area contributed by atoms with Crippen LogP contribution in [0.3, 0.4) is 0 Å². The summed E-state index contributed by atoms with van der Waals surface area (Å²) in [5, 5.41) is 0. The predicted octanol–water partition coefficient (Wildman–Crippen LogP) is 4.22. The van der Waals surface area contributed by atoms with Gasteiger partial charge in [0.05, 0.1) is 17.1 Å². The maximum Gasteiger partial charge on any atom is 0.123 e. The second-order valence-corrected chi connectivity index (χ2v) is 6.54. The van der Waals surface area contributed by atoms with Gasteiger partial charge in [0.2, 0.25) is 0 Å². The van der Waals surface area contributed by atoms with Crippen LogP contribution in [0.2, 0.25) is 0 Å². The lowest BCUT2D eigenvalue weighted by Crippen LogP contribution is -2.05. The van der Waals surface area contributed by atoms with E-state index in [0.29, 0.717) is 11.9 Å². The molecule has 0 radical (unpaired) electrons. The summed E-state index contributed by atoms with van der Waals surface area (Å²) in [4.78, 5) is 9.06. The molecule has 0 saturated heterocycles. The topological polar surface area (TPSA) is 56.7 Å². The van der Waals surface area contributed by atoms with Crippen molar-refractivity contribution in [2.75, 3.05) is 5.73 Å². The second kappa shape index (κ2) is 5.45. The number of pyridine rings is 1. The number of rotatable bonds is 2. The Bertz CT molecular complexity index is 1050. The fourth-order valence-corrected chi connectivity index (χ4v) is 3.81. The number of nitrogen functional groups attached to an aromatic ring is 1. The molecule has 1 unspecified atom stereocenters. The van der Waals surface area contributed by atoms with E-state index in [4.69, 9.17) is 10.7 Å². The number of aryl methyl sites for hydroxylation is 1. The van der Waals surface area contributed by atoms with Crippen LogP contribution in [0.25, 0.3) is 22.2 Å². The lowest BCUT2D eigenvalue weighted by molar-refractivity contribution is 0.637. The molecule has 1 atom stereocenters. The molecule has 0 fully saturated rings. The highest BCUT2D eigenvalue weighted by Crippen LogP contribution is 2.36. The van der Waals surface area contributed by atoms with Gasteiger partial charge in [-0.15, -0.1) is 0 Å². The van der Waals surface area contributed by atoms with Gasteiger partial charge in [0.15, 0.2) is 0 Å². The highest BCUT2D eigenvalue weighted by molar-refractivity contribution is 5.83. The predicted molar refractivity (Wildman–Crippen MR) is 100 cm³/mol. The van der Waals surface area contributed by atoms with Gasteiger partial charge in [0.25, 0.3) is 0 Å². The minimum Gasteiger partial charge on any atom is -0.384 e. The van der Waals surface area contributed by atoms with Crippen LogP contribution in [0.4, 0.5) is 5.82 Å². The lowest BCUT2D eigenvalue weighted by Gasteiger charge is -2.15. The van der Waals surface area contributed by atoms with Crippen molar-refractivity contribution >= 4 is 16.9 Å². The first-order valence-electron chi connectivity index (χ1n) is 8.57. The molecule has 0 saturated carbocycles. The van der Waals surface area contributed by atoms with Crippen molar-refractivity contribution in [3.05, 3.63) is 78.2 Å².